The summed E-state index contributed by atoms with van der Waals surface area (Å²) >= 11 is 0. The predicted molar refractivity (Wildman–Crippen MR) is 58.4 cm³/mol. The third-order valence-corrected chi connectivity index (χ3v) is 3.67. The molecule has 1 heteroatoms. The molecule has 3 rings (SSSR count). The summed E-state index contributed by atoms with van der Waals surface area (Å²) in [4.78, 5) is 0. The zero-order valence-corrected chi connectivity index (χ0v) is 8.50. The van der Waals surface area contributed by atoms with Gasteiger partial charge in [0.05, 0.1) is 0 Å². The molecule has 0 radical (unpaired) electrons. The molecular formula is C13H17N. The Kier molecular flexibility index (Phi) is 1.88. The van der Waals surface area contributed by atoms with Gasteiger partial charge in [0, 0.05) is 12.0 Å². The molecule has 1 nitrogen and oxygen atoms in total. The molecule has 0 amide bonds. The molecule has 1 aromatic rings. The minimum absolute atomic E-state index is 0.448. The number of rotatable bonds is 1. The highest BCUT2D eigenvalue weighted by atomic mass is 14.7. The van der Waals surface area contributed by atoms with Crippen LogP contribution in [0, 0.1) is 0 Å². The lowest BCUT2D eigenvalue weighted by Gasteiger charge is -2.19. The topological polar surface area (TPSA) is 26.0 Å². The molecule has 14 heavy (non-hydrogen) atoms. The van der Waals surface area contributed by atoms with Crippen molar-refractivity contribution in [2.75, 3.05) is 0 Å². The van der Waals surface area contributed by atoms with Crippen LogP contribution in [0.4, 0.5) is 0 Å². The van der Waals surface area contributed by atoms with Gasteiger partial charge in [0.2, 0.25) is 0 Å². The smallest absolute Gasteiger partial charge is 0.0115 e. The summed E-state index contributed by atoms with van der Waals surface area (Å²) in [5, 5.41) is 0. The van der Waals surface area contributed by atoms with E-state index in [-0.39, 0.29) is 0 Å². The van der Waals surface area contributed by atoms with E-state index in [1.165, 1.54) is 32.1 Å². The Balaban J connectivity index is 2.02. The molecule has 0 bridgehead atoms. The van der Waals surface area contributed by atoms with Gasteiger partial charge in [-0.2, -0.15) is 0 Å². The Morgan fingerprint density at radius 3 is 2.71 bits per heavy atom. The maximum atomic E-state index is 5.93. The summed E-state index contributed by atoms with van der Waals surface area (Å²) in [5.41, 5.74) is 10.7. The van der Waals surface area contributed by atoms with Gasteiger partial charge in [-0.3, -0.25) is 0 Å². The van der Waals surface area contributed by atoms with Crippen LogP contribution in [0.25, 0.3) is 0 Å². The average Bonchev–Trinajstić information content (AvgIpc) is 2.95. The fourth-order valence-electron chi connectivity index (χ4n) is 2.73. The first-order chi connectivity index (χ1) is 6.86. The lowest BCUT2D eigenvalue weighted by molar-refractivity contribution is 0.677. The van der Waals surface area contributed by atoms with Crippen LogP contribution in [0.5, 0.6) is 0 Å². The van der Waals surface area contributed by atoms with E-state index in [1.807, 2.05) is 0 Å². The number of fused-ring (bicyclic) bond motifs is 1. The van der Waals surface area contributed by atoms with E-state index < -0.39 is 0 Å². The summed E-state index contributed by atoms with van der Waals surface area (Å²) < 4.78 is 0. The van der Waals surface area contributed by atoms with Crippen molar-refractivity contribution >= 4 is 0 Å². The van der Waals surface area contributed by atoms with Crippen molar-refractivity contribution in [3.63, 3.8) is 0 Å². The van der Waals surface area contributed by atoms with Crippen molar-refractivity contribution < 1.29 is 0 Å². The highest BCUT2D eigenvalue weighted by molar-refractivity contribution is 5.42. The van der Waals surface area contributed by atoms with E-state index in [0.717, 1.165) is 0 Å². The quantitative estimate of drug-likeness (QED) is 0.717. The van der Waals surface area contributed by atoms with Gasteiger partial charge < -0.3 is 5.73 Å². The van der Waals surface area contributed by atoms with Crippen molar-refractivity contribution in [1.82, 2.24) is 0 Å². The molecule has 1 saturated carbocycles. The summed E-state index contributed by atoms with van der Waals surface area (Å²) in [6.45, 7) is 0. The van der Waals surface area contributed by atoms with Crippen LogP contribution in [0.1, 0.15) is 41.9 Å². The van der Waals surface area contributed by atoms with Crippen LogP contribution in [-0.4, -0.2) is 6.04 Å². The Morgan fingerprint density at radius 1 is 1.14 bits per heavy atom. The maximum absolute atomic E-state index is 5.93. The van der Waals surface area contributed by atoms with E-state index >= 15 is 0 Å². The van der Waals surface area contributed by atoms with Crippen LogP contribution in [0.3, 0.4) is 0 Å². The summed E-state index contributed by atoms with van der Waals surface area (Å²) in [5.74, 6) is 0.683. The SMILES string of the molecule is N[C@@H]1C[C@H]1c1cccc2c1CCCC2. The van der Waals surface area contributed by atoms with Gasteiger partial charge in [0.15, 0.2) is 0 Å². The molecule has 2 atom stereocenters. The second kappa shape index (κ2) is 3.09. The minimum Gasteiger partial charge on any atom is -0.327 e. The van der Waals surface area contributed by atoms with Crippen molar-refractivity contribution in [1.29, 1.82) is 0 Å². The van der Waals surface area contributed by atoms with Crippen LogP contribution >= 0.6 is 0 Å². The molecule has 1 aromatic carbocycles. The summed E-state index contributed by atoms with van der Waals surface area (Å²) in [7, 11) is 0. The molecular weight excluding hydrogens is 170 g/mol. The highest BCUT2D eigenvalue weighted by Gasteiger charge is 2.36. The van der Waals surface area contributed by atoms with E-state index in [2.05, 4.69) is 18.2 Å². The van der Waals surface area contributed by atoms with Gasteiger partial charge in [-0.1, -0.05) is 18.2 Å². The first kappa shape index (κ1) is 8.49. The Bertz CT molecular complexity index is 356. The van der Waals surface area contributed by atoms with Crippen LogP contribution in [0.15, 0.2) is 18.2 Å². The fourth-order valence-corrected chi connectivity index (χ4v) is 2.73. The van der Waals surface area contributed by atoms with Crippen molar-refractivity contribution in [3.8, 4) is 0 Å². The zero-order chi connectivity index (χ0) is 9.54. The van der Waals surface area contributed by atoms with E-state index in [9.17, 15) is 0 Å². The van der Waals surface area contributed by atoms with Crippen molar-refractivity contribution in [3.05, 3.63) is 34.9 Å². The molecule has 0 unspecified atom stereocenters. The monoisotopic (exact) mass is 187 g/mol. The second-order valence-corrected chi connectivity index (χ2v) is 4.70. The van der Waals surface area contributed by atoms with Gasteiger partial charge in [0.1, 0.15) is 0 Å². The number of aryl methyl sites for hydroxylation is 1. The zero-order valence-electron chi connectivity index (χ0n) is 8.50. The number of benzene rings is 1. The molecule has 2 aliphatic carbocycles. The van der Waals surface area contributed by atoms with Gasteiger partial charge in [-0.05, 0) is 48.8 Å². The van der Waals surface area contributed by atoms with E-state index in [4.69, 9.17) is 5.73 Å². The largest absolute Gasteiger partial charge is 0.327 e. The molecule has 2 N–H and O–H groups in total. The third kappa shape index (κ3) is 1.27. The van der Waals surface area contributed by atoms with Crippen LogP contribution in [-0.2, 0) is 12.8 Å². The van der Waals surface area contributed by atoms with E-state index in [0.29, 0.717) is 12.0 Å². The van der Waals surface area contributed by atoms with Crippen LogP contribution in [0.2, 0.25) is 0 Å². The number of nitrogens with two attached hydrogens (primary N) is 1. The van der Waals surface area contributed by atoms with Gasteiger partial charge in [-0.25, -0.2) is 0 Å². The van der Waals surface area contributed by atoms with Gasteiger partial charge >= 0.3 is 0 Å². The Morgan fingerprint density at radius 2 is 1.93 bits per heavy atom. The van der Waals surface area contributed by atoms with Crippen LogP contribution < -0.4 is 5.73 Å². The number of hydrogen-bond donors (Lipinski definition) is 1. The molecule has 0 heterocycles. The van der Waals surface area contributed by atoms with Gasteiger partial charge in [0.25, 0.3) is 0 Å². The molecule has 0 spiro atoms. The Labute approximate surface area is 85.3 Å². The molecule has 1 fully saturated rings. The minimum atomic E-state index is 0.448. The van der Waals surface area contributed by atoms with Crippen molar-refractivity contribution in [2.45, 2.75) is 44.1 Å². The Hall–Kier alpha value is -0.820. The third-order valence-electron chi connectivity index (χ3n) is 3.67. The summed E-state index contributed by atoms with van der Waals surface area (Å²) in [6, 6.07) is 7.25. The second-order valence-electron chi connectivity index (χ2n) is 4.70. The molecule has 2 aliphatic rings. The van der Waals surface area contributed by atoms with Gasteiger partial charge in [-0.15, -0.1) is 0 Å². The normalized spacial score (nSPS) is 29.8. The maximum Gasteiger partial charge on any atom is 0.0115 e. The molecule has 0 aromatic heterocycles. The van der Waals surface area contributed by atoms with E-state index in [1.54, 1.807) is 16.7 Å². The summed E-state index contributed by atoms with van der Waals surface area (Å²) in [6.07, 6.45) is 6.51. The highest BCUT2D eigenvalue weighted by Crippen LogP contribution is 2.42. The average molecular weight is 187 g/mol. The lowest BCUT2D eigenvalue weighted by Crippen LogP contribution is -2.08. The molecule has 0 aliphatic heterocycles. The molecule has 74 valence electrons. The standard InChI is InChI=1S/C13H17N/c14-13-8-12(13)11-7-3-5-9-4-1-2-6-10(9)11/h3,5,7,12-13H,1-2,4,6,8,14H2/t12-,13+/m0/s1. The fraction of sp³-hybridized carbons (Fsp3) is 0.538. The van der Waals surface area contributed by atoms with Crippen molar-refractivity contribution in [2.24, 2.45) is 5.73 Å². The lowest BCUT2D eigenvalue weighted by atomic mass is 9.87. The molecule has 0 saturated heterocycles. The first-order valence-electron chi connectivity index (χ1n) is 5.72. The number of hydrogen-bond acceptors (Lipinski definition) is 1. The predicted octanol–water partition coefficient (Wildman–Crippen LogP) is 2.38. The first-order valence-corrected chi connectivity index (χ1v) is 5.72.